The first-order chi connectivity index (χ1) is 9.08. The van der Waals surface area contributed by atoms with Crippen LogP contribution in [0.3, 0.4) is 0 Å². The van der Waals surface area contributed by atoms with Crippen molar-refractivity contribution in [2.45, 2.75) is 26.3 Å². The van der Waals surface area contributed by atoms with E-state index in [4.69, 9.17) is 11.6 Å². The second-order valence-electron chi connectivity index (χ2n) is 5.60. The Morgan fingerprint density at radius 1 is 1.30 bits per heavy atom. The van der Waals surface area contributed by atoms with Gasteiger partial charge in [0.1, 0.15) is 5.82 Å². The van der Waals surface area contributed by atoms with E-state index in [2.05, 4.69) is 24.1 Å². The molecule has 1 aliphatic rings. The molecule has 0 aromatic heterocycles. The number of halogens is 3. The van der Waals surface area contributed by atoms with Gasteiger partial charge in [0.25, 0.3) is 0 Å². The zero-order valence-electron chi connectivity index (χ0n) is 12.0. The maximum atomic E-state index is 13.3. The van der Waals surface area contributed by atoms with Crippen LogP contribution in [0.15, 0.2) is 18.2 Å². The lowest BCUT2D eigenvalue weighted by atomic mass is 9.95. The Morgan fingerprint density at radius 2 is 1.95 bits per heavy atom. The maximum Gasteiger partial charge on any atom is 0.141 e. The highest BCUT2D eigenvalue weighted by Gasteiger charge is 2.23. The van der Waals surface area contributed by atoms with Gasteiger partial charge in [0.2, 0.25) is 0 Å². The Bertz CT molecular complexity index is 420. The average Bonchev–Trinajstić information content (AvgIpc) is 2.40. The van der Waals surface area contributed by atoms with Gasteiger partial charge < -0.3 is 5.32 Å². The summed E-state index contributed by atoms with van der Waals surface area (Å²) >= 11 is 5.93. The number of hydrogen-bond donors (Lipinski definition) is 1. The molecule has 2 nitrogen and oxygen atoms in total. The zero-order valence-corrected chi connectivity index (χ0v) is 13.6. The smallest absolute Gasteiger partial charge is 0.141 e. The van der Waals surface area contributed by atoms with E-state index >= 15 is 0 Å². The lowest BCUT2D eigenvalue weighted by Crippen LogP contribution is -2.45. The molecule has 0 spiro atoms. The van der Waals surface area contributed by atoms with Gasteiger partial charge in [-0.25, -0.2) is 4.39 Å². The van der Waals surface area contributed by atoms with Gasteiger partial charge in [-0.3, -0.25) is 4.90 Å². The second kappa shape index (κ2) is 8.18. The highest BCUT2D eigenvalue weighted by molar-refractivity contribution is 6.30. The standard InChI is InChI=1S/C15H22ClFN2.ClH/c1-11(2)9-15(19-7-5-18-6-8-19)12-3-4-14(17)13(16)10-12;/h3-4,10-11,15,18H,5-9H2,1-2H3;1H/t15-;/m1./s1. The Kier molecular flexibility index (Phi) is 7.24. The van der Waals surface area contributed by atoms with Crippen molar-refractivity contribution >= 4 is 24.0 Å². The van der Waals surface area contributed by atoms with Gasteiger partial charge in [-0.1, -0.05) is 31.5 Å². The molecule has 1 N–H and O–H groups in total. The predicted octanol–water partition coefficient (Wildman–Crippen LogP) is 3.89. The summed E-state index contributed by atoms with van der Waals surface area (Å²) in [7, 11) is 0. The predicted molar refractivity (Wildman–Crippen MR) is 85.3 cm³/mol. The van der Waals surface area contributed by atoms with Crippen LogP contribution in [0.2, 0.25) is 5.02 Å². The molecule has 1 aromatic carbocycles. The third kappa shape index (κ3) is 4.59. The molecule has 1 heterocycles. The van der Waals surface area contributed by atoms with Gasteiger partial charge in [-0.15, -0.1) is 12.4 Å². The Morgan fingerprint density at radius 3 is 2.50 bits per heavy atom. The molecule has 1 saturated heterocycles. The van der Waals surface area contributed by atoms with E-state index in [0.29, 0.717) is 12.0 Å². The summed E-state index contributed by atoms with van der Waals surface area (Å²) in [6, 6.07) is 5.47. The van der Waals surface area contributed by atoms with Gasteiger partial charge in [0.05, 0.1) is 5.02 Å². The van der Waals surface area contributed by atoms with Crippen molar-refractivity contribution in [1.29, 1.82) is 0 Å². The molecule has 2 rings (SSSR count). The molecule has 1 aromatic rings. The van der Waals surface area contributed by atoms with Crippen LogP contribution in [0.1, 0.15) is 31.9 Å². The molecule has 5 heteroatoms. The molecule has 1 aliphatic heterocycles. The fourth-order valence-corrected chi connectivity index (χ4v) is 2.84. The summed E-state index contributed by atoms with van der Waals surface area (Å²) in [6.07, 6.45) is 1.07. The van der Waals surface area contributed by atoms with Crippen LogP contribution in [-0.2, 0) is 0 Å². The van der Waals surface area contributed by atoms with Crippen molar-refractivity contribution in [2.24, 2.45) is 5.92 Å². The van der Waals surface area contributed by atoms with Gasteiger partial charge in [-0.05, 0) is 30.0 Å². The largest absolute Gasteiger partial charge is 0.314 e. The van der Waals surface area contributed by atoms with Crippen LogP contribution >= 0.6 is 24.0 Å². The van der Waals surface area contributed by atoms with Crippen molar-refractivity contribution in [1.82, 2.24) is 10.2 Å². The number of piperazine rings is 1. The van der Waals surface area contributed by atoms with E-state index in [0.717, 1.165) is 38.2 Å². The van der Waals surface area contributed by atoms with Gasteiger partial charge in [-0.2, -0.15) is 0 Å². The van der Waals surface area contributed by atoms with E-state index in [1.807, 2.05) is 6.07 Å². The van der Waals surface area contributed by atoms with Crippen molar-refractivity contribution < 1.29 is 4.39 Å². The summed E-state index contributed by atoms with van der Waals surface area (Å²) in [4.78, 5) is 2.47. The summed E-state index contributed by atoms with van der Waals surface area (Å²) < 4.78 is 13.3. The van der Waals surface area contributed by atoms with E-state index in [1.54, 1.807) is 6.07 Å². The minimum atomic E-state index is -0.339. The van der Waals surface area contributed by atoms with Crippen molar-refractivity contribution in [3.63, 3.8) is 0 Å². The van der Waals surface area contributed by atoms with Crippen LogP contribution in [0.25, 0.3) is 0 Å². The molecule has 0 saturated carbocycles. The molecule has 0 amide bonds. The van der Waals surface area contributed by atoms with E-state index in [9.17, 15) is 4.39 Å². The second-order valence-corrected chi connectivity index (χ2v) is 6.01. The normalized spacial score (nSPS) is 17.9. The molecular formula is C15H23Cl2FN2. The van der Waals surface area contributed by atoms with Crippen molar-refractivity contribution in [3.8, 4) is 0 Å². The third-order valence-corrected chi connectivity index (χ3v) is 3.91. The molecule has 0 bridgehead atoms. The zero-order chi connectivity index (χ0) is 13.8. The summed E-state index contributed by atoms with van der Waals surface area (Å²) in [5, 5.41) is 3.59. The van der Waals surface area contributed by atoms with Gasteiger partial charge >= 0.3 is 0 Å². The van der Waals surface area contributed by atoms with Crippen molar-refractivity contribution in [3.05, 3.63) is 34.6 Å². The minimum Gasteiger partial charge on any atom is -0.314 e. The van der Waals surface area contributed by atoms with Crippen LogP contribution < -0.4 is 5.32 Å². The third-order valence-electron chi connectivity index (χ3n) is 3.62. The quantitative estimate of drug-likeness (QED) is 0.905. The number of benzene rings is 1. The average molecular weight is 321 g/mol. The van der Waals surface area contributed by atoms with E-state index < -0.39 is 0 Å². The summed E-state index contributed by atoms with van der Waals surface area (Å²) in [5.74, 6) is 0.262. The molecule has 1 fully saturated rings. The highest BCUT2D eigenvalue weighted by atomic mass is 35.5. The number of nitrogens with one attached hydrogen (secondary N) is 1. The van der Waals surface area contributed by atoms with Gasteiger partial charge in [0.15, 0.2) is 0 Å². The molecule has 20 heavy (non-hydrogen) atoms. The monoisotopic (exact) mass is 320 g/mol. The number of hydrogen-bond acceptors (Lipinski definition) is 2. The van der Waals surface area contributed by atoms with E-state index in [-0.39, 0.29) is 23.2 Å². The molecule has 0 radical (unpaired) electrons. The lowest BCUT2D eigenvalue weighted by molar-refractivity contribution is 0.154. The van der Waals surface area contributed by atoms with E-state index in [1.165, 1.54) is 6.07 Å². The Hall–Kier alpha value is -0.350. The molecule has 0 unspecified atom stereocenters. The maximum absolute atomic E-state index is 13.3. The SMILES string of the molecule is CC(C)C[C@H](c1ccc(F)c(Cl)c1)N1CCNCC1.Cl. The molecular weight excluding hydrogens is 298 g/mol. The first kappa shape index (κ1) is 17.7. The highest BCUT2D eigenvalue weighted by Crippen LogP contribution is 2.30. The topological polar surface area (TPSA) is 15.3 Å². The number of nitrogens with zero attached hydrogens (tertiary/aromatic N) is 1. The van der Waals surface area contributed by atoms with Gasteiger partial charge in [0, 0.05) is 32.2 Å². The van der Waals surface area contributed by atoms with Crippen LogP contribution in [-0.4, -0.2) is 31.1 Å². The Balaban J connectivity index is 0.00000200. The minimum absolute atomic E-state index is 0. The summed E-state index contributed by atoms with van der Waals surface area (Å²) in [5.41, 5.74) is 1.13. The Labute approximate surface area is 132 Å². The lowest BCUT2D eigenvalue weighted by Gasteiger charge is -2.36. The van der Waals surface area contributed by atoms with Crippen LogP contribution in [0, 0.1) is 11.7 Å². The first-order valence-corrected chi connectivity index (χ1v) is 7.35. The van der Waals surface area contributed by atoms with Crippen LogP contribution in [0.5, 0.6) is 0 Å². The molecule has 114 valence electrons. The first-order valence-electron chi connectivity index (χ1n) is 6.97. The van der Waals surface area contributed by atoms with Crippen molar-refractivity contribution in [2.75, 3.05) is 26.2 Å². The van der Waals surface area contributed by atoms with Crippen LogP contribution in [0.4, 0.5) is 4.39 Å². The fourth-order valence-electron chi connectivity index (χ4n) is 2.66. The molecule has 0 aliphatic carbocycles. The number of rotatable bonds is 4. The fraction of sp³-hybridized carbons (Fsp3) is 0.600. The summed E-state index contributed by atoms with van der Waals surface area (Å²) in [6.45, 7) is 8.55. The molecule has 1 atom stereocenters.